The van der Waals surface area contributed by atoms with E-state index in [1.165, 1.54) is 0 Å². The third kappa shape index (κ3) is 3.87. The molecule has 1 heterocycles. The summed E-state index contributed by atoms with van der Waals surface area (Å²) in [5, 5.41) is 0. The zero-order chi connectivity index (χ0) is 15.2. The van der Waals surface area contributed by atoms with E-state index >= 15 is 0 Å². The quantitative estimate of drug-likeness (QED) is 0.798. The number of ketones is 1. The number of ether oxygens (including phenoxy) is 1. The molecule has 0 fully saturated rings. The van der Waals surface area contributed by atoms with E-state index in [1.54, 1.807) is 0 Å². The predicted molar refractivity (Wildman–Crippen MR) is 86.2 cm³/mol. The minimum atomic E-state index is 0.0526. The molecule has 21 heavy (non-hydrogen) atoms. The van der Waals surface area contributed by atoms with Gasteiger partial charge in [0.25, 0.3) is 0 Å². The summed E-state index contributed by atoms with van der Waals surface area (Å²) in [5.41, 5.74) is 1.77. The predicted octanol–water partition coefficient (Wildman–Crippen LogP) is 3.75. The van der Waals surface area contributed by atoms with Crippen molar-refractivity contribution in [3.05, 3.63) is 36.0 Å². The second-order valence-electron chi connectivity index (χ2n) is 5.68. The van der Waals surface area contributed by atoms with Gasteiger partial charge in [0.05, 0.1) is 6.61 Å². The van der Waals surface area contributed by atoms with Crippen LogP contribution in [0, 0.1) is 5.92 Å². The molecular formula is C18H25NO2. The Morgan fingerprint density at radius 3 is 2.81 bits per heavy atom. The van der Waals surface area contributed by atoms with Crippen molar-refractivity contribution < 1.29 is 9.53 Å². The standard InChI is InChI=1S/C18H25NO2/c1-4-9-19-12-14(3)18(20)17(13-19)15-7-6-8-16(11-15)21-10-5-2/h6-8,11,13-14H,4-5,9-10,12H2,1-3H3. The molecule has 1 aliphatic rings. The fourth-order valence-electron chi connectivity index (χ4n) is 2.63. The molecule has 0 aromatic heterocycles. The van der Waals surface area contributed by atoms with Crippen molar-refractivity contribution in [2.24, 2.45) is 5.92 Å². The lowest BCUT2D eigenvalue weighted by Crippen LogP contribution is -2.34. The summed E-state index contributed by atoms with van der Waals surface area (Å²) in [6.07, 6.45) is 4.09. The van der Waals surface area contributed by atoms with Crippen molar-refractivity contribution in [2.45, 2.75) is 33.6 Å². The molecule has 114 valence electrons. The molecule has 1 aromatic carbocycles. The highest BCUT2D eigenvalue weighted by molar-refractivity contribution is 6.22. The summed E-state index contributed by atoms with van der Waals surface area (Å²) in [6.45, 7) is 8.77. The fourth-order valence-corrected chi connectivity index (χ4v) is 2.63. The van der Waals surface area contributed by atoms with Gasteiger partial charge in [-0.2, -0.15) is 0 Å². The van der Waals surface area contributed by atoms with Gasteiger partial charge in [-0.1, -0.05) is 32.9 Å². The summed E-state index contributed by atoms with van der Waals surface area (Å²) >= 11 is 0. The van der Waals surface area contributed by atoms with Crippen LogP contribution in [0.15, 0.2) is 30.5 Å². The van der Waals surface area contributed by atoms with Gasteiger partial charge >= 0.3 is 0 Å². The summed E-state index contributed by atoms with van der Waals surface area (Å²) < 4.78 is 5.67. The van der Waals surface area contributed by atoms with Gasteiger partial charge in [-0.05, 0) is 30.5 Å². The average Bonchev–Trinajstić information content (AvgIpc) is 2.49. The van der Waals surface area contributed by atoms with Gasteiger partial charge in [-0.15, -0.1) is 0 Å². The molecule has 0 spiro atoms. The van der Waals surface area contributed by atoms with Crippen LogP contribution < -0.4 is 4.74 Å². The Morgan fingerprint density at radius 2 is 2.10 bits per heavy atom. The molecular weight excluding hydrogens is 262 g/mol. The van der Waals surface area contributed by atoms with Crippen LogP contribution in [0.3, 0.4) is 0 Å². The van der Waals surface area contributed by atoms with Gasteiger partial charge in [0.2, 0.25) is 0 Å². The molecule has 0 bridgehead atoms. The molecule has 0 saturated carbocycles. The first-order chi connectivity index (χ1) is 10.2. The normalized spacial score (nSPS) is 18.6. The topological polar surface area (TPSA) is 29.5 Å². The summed E-state index contributed by atoms with van der Waals surface area (Å²) in [7, 11) is 0. The first-order valence-electron chi connectivity index (χ1n) is 7.89. The minimum absolute atomic E-state index is 0.0526. The van der Waals surface area contributed by atoms with E-state index in [-0.39, 0.29) is 11.7 Å². The van der Waals surface area contributed by atoms with E-state index < -0.39 is 0 Å². The lowest BCUT2D eigenvalue weighted by Gasteiger charge is -2.30. The highest BCUT2D eigenvalue weighted by Crippen LogP contribution is 2.27. The monoisotopic (exact) mass is 287 g/mol. The van der Waals surface area contributed by atoms with Crippen molar-refractivity contribution in [3.63, 3.8) is 0 Å². The average molecular weight is 287 g/mol. The largest absolute Gasteiger partial charge is 0.494 e. The number of rotatable bonds is 6. The smallest absolute Gasteiger partial charge is 0.169 e. The van der Waals surface area contributed by atoms with Crippen LogP contribution in [0.4, 0.5) is 0 Å². The van der Waals surface area contributed by atoms with Crippen LogP contribution in [0.25, 0.3) is 5.57 Å². The van der Waals surface area contributed by atoms with Crippen LogP contribution in [-0.2, 0) is 4.79 Å². The Hall–Kier alpha value is -1.77. The first-order valence-corrected chi connectivity index (χ1v) is 7.89. The SMILES string of the molecule is CCCOc1cccc(C2=CN(CCC)CC(C)C2=O)c1. The van der Waals surface area contributed by atoms with E-state index in [0.717, 1.165) is 42.8 Å². The lowest BCUT2D eigenvalue weighted by atomic mass is 9.91. The maximum Gasteiger partial charge on any atom is 0.169 e. The molecule has 3 heteroatoms. The molecule has 1 unspecified atom stereocenters. The number of Topliss-reactive ketones (excluding diaryl/α,β-unsaturated/α-hetero) is 1. The third-order valence-corrected chi connectivity index (χ3v) is 3.66. The van der Waals surface area contributed by atoms with E-state index in [9.17, 15) is 4.79 Å². The van der Waals surface area contributed by atoms with E-state index in [2.05, 4.69) is 18.7 Å². The molecule has 2 rings (SSSR count). The van der Waals surface area contributed by atoms with Crippen molar-refractivity contribution in [2.75, 3.05) is 19.7 Å². The molecule has 0 N–H and O–H groups in total. The van der Waals surface area contributed by atoms with Crippen LogP contribution in [0.5, 0.6) is 5.75 Å². The molecule has 0 amide bonds. The van der Waals surface area contributed by atoms with E-state index in [0.29, 0.717) is 6.61 Å². The van der Waals surface area contributed by atoms with Gasteiger partial charge in [-0.3, -0.25) is 4.79 Å². The molecule has 1 aliphatic heterocycles. The highest BCUT2D eigenvalue weighted by Gasteiger charge is 2.26. The van der Waals surface area contributed by atoms with Crippen LogP contribution in [-0.4, -0.2) is 30.4 Å². The van der Waals surface area contributed by atoms with Gasteiger partial charge < -0.3 is 9.64 Å². The molecule has 0 saturated heterocycles. The molecule has 0 aliphatic carbocycles. The Labute approximate surface area is 127 Å². The van der Waals surface area contributed by atoms with Gasteiger partial charge in [0.15, 0.2) is 5.78 Å². The molecule has 1 aromatic rings. The second kappa shape index (κ2) is 7.30. The zero-order valence-corrected chi connectivity index (χ0v) is 13.3. The van der Waals surface area contributed by atoms with Crippen molar-refractivity contribution in [1.29, 1.82) is 0 Å². The summed E-state index contributed by atoms with van der Waals surface area (Å²) in [5.74, 6) is 1.12. The number of hydrogen-bond donors (Lipinski definition) is 0. The number of nitrogens with zero attached hydrogens (tertiary/aromatic N) is 1. The molecule has 1 atom stereocenters. The number of allylic oxidation sites excluding steroid dienone is 1. The van der Waals surface area contributed by atoms with Gasteiger partial charge in [0.1, 0.15) is 5.75 Å². The summed E-state index contributed by atoms with van der Waals surface area (Å²) in [6, 6.07) is 7.87. The van der Waals surface area contributed by atoms with E-state index in [4.69, 9.17) is 4.74 Å². The maximum absolute atomic E-state index is 12.5. The molecule has 3 nitrogen and oxygen atoms in total. The lowest BCUT2D eigenvalue weighted by molar-refractivity contribution is -0.117. The second-order valence-corrected chi connectivity index (χ2v) is 5.68. The first kappa shape index (κ1) is 15.6. The Kier molecular flexibility index (Phi) is 5.43. The number of hydrogen-bond acceptors (Lipinski definition) is 3. The Bertz CT molecular complexity index is 522. The van der Waals surface area contributed by atoms with Crippen LogP contribution in [0.2, 0.25) is 0 Å². The van der Waals surface area contributed by atoms with Crippen molar-refractivity contribution in [3.8, 4) is 5.75 Å². The zero-order valence-electron chi connectivity index (χ0n) is 13.3. The highest BCUT2D eigenvalue weighted by atomic mass is 16.5. The van der Waals surface area contributed by atoms with Crippen LogP contribution in [0.1, 0.15) is 39.2 Å². The van der Waals surface area contributed by atoms with E-state index in [1.807, 2.05) is 37.4 Å². The van der Waals surface area contributed by atoms with Crippen molar-refractivity contribution >= 4 is 11.4 Å². The van der Waals surface area contributed by atoms with Crippen molar-refractivity contribution in [1.82, 2.24) is 4.90 Å². The number of carbonyl (C=O) groups is 1. The van der Waals surface area contributed by atoms with Gasteiger partial charge in [0, 0.05) is 30.8 Å². The van der Waals surface area contributed by atoms with Gasteiger partial charge in [-0.25, -0.2) is 0 Å². The Morgan fingerprint density at radius 1 is 1.29 bits per heavy atom. The van der Waals surface area contributed by atoms with Crippen LogP contribution >= 0.6 is 0 Å². The molecule has 0 radical (unpaired) electrons. The number of carbonyl (C=O) groups excluding carboxylic acids is 1. The maximum atomic E-state index is 12.5. The third-order valence-electron chi connectivity index (χ3n) is 3.66. The fraction of sp³-hybridized carbons (Fsp3) is 0.500. The minimum Gasteiger partial charge on any atom is -0.494 e. The Balaban J connectivity index is 2.27. The number of benzene rings is 1. The summed E-state index contributed by atoms with van der Waals surface area (Å²) in [4.78, 5) is 14.7.